The average Bonchev–Trinajstić information content (AvgIpc) is 2.85. The quantitative estimate of drug-likeness (QED) is 0.189. The van der Waals surface area contributed by atoms with E-state index in [1.165, 1.54) is 12.1 Å². The number of nitrogens with one attached hydrogen (secondary N) is 1. The van der Waals surface area contributed by atoms with Gasteiger partial charge < -0.3 is 15.2 Å². The van der Waals surface area contributed by atoms with Crippen molar-refractivity contribution in [1.82, 2.24) is 0 Å². The zero-order chi connectivity index (χ0) is 27.6. The molecule has 0 aromatic heterocycles. The number of amides is 1. The number of aryl methyl sites for hydroxylation is 1. The number of hydrogen-bond acceptors (Lipinski definition) is 7. The third-order valence-corrected chi connectivity index (χ3v) is 7.15. The number of azo groups is 1. The Morgan fingerprint density at radius 1 is 1.05 bits per heavy atom. The molecule has 13 heteroatoms. The van der Waals surface area contributed by atoms with Crippen molar-refractivity contribution < 1.29 is 57.2 Å². The second kappa shape index (κ2) is 12.6. The average molecular weight is 596 g/mol. The van der Waals surface area contributed by atoms with Crippen LogP contribution < -0.4 is 44.7 Å². The molecule has 0 radical (unpaired) electrons. The van der Waals surface area contributed by atoms with Crippen molar-refractivity contribution in [2.45, 2.75) is 18.7 Å². The third-order valence-electron chi connectivity index (χ3n) is 5.50. The first-order valence-electron chi connectivity index (χ1n) is 11.2. The van der Waals surface area contributed by atoms with Gasteiger partial charge in [0, 0.05) is 17.0 Å². The molecule has 4 rings (SSSR count). The Labute approximate surface area is 256 Å². The minimum absolute atomic E-state index is 0. The summed E-state index contributed by atoms with van der Waals surface area (Å²) in [7, 11) is -4.62. The van der Waals surface area contributed by atoms with Gasteiger partial charge in [-0.3, -0.25) is 9.35 Å². The molecule has 0 bridgehead atoms. The Balaban J connectivity index is 0.00000420. The van der Waals surface area contributed by atoms with Crippen molar-refractivity contribution >= 4 is 67.1 Å². The van der Waals surface area contributed by atoms with Gasteiger partial charge in [0.2, 0.25) is 0 Å². The predicted octanol–water partition coefficient (Wildman–Crippen LogP) is 3.85. The molecule has 0 saturated heterocycles. The maximum absolute atomic E-state index is 13.4. The molecule has 0 atom stereocenters. The van der Waals surface area contributed by atoms with Crippen LogP contribution in [-0.2, 0) is 10.1 Å². The molecule has 4 aromatic rings. The number of halogens is 2. The van der Waals surface area contributed by atoms with E-state index in [0.717, 1.165) is 6.07 Å². The number of carbonyl (C=O) groups excluding carboxylic acids is 1. The molecular weight excluding hydrogens is 576 g/mol. The number of benzene rings is 4. The van der Waals surface area contributed by atoms with Gasteiger partial charge in [0.25, 0.3) is 16.0 Å². The monoisotopic (exact) mass is 595 g/mol. The summed E-state index contributed by atoms with van der Waals surface area (Å²) in [5, 5.41) is 25.2. The van der Waals surface area contributed by atoms with Gasteiger partial charge in [-0.1, -0.05) is 53.2 Å². The van der Waals surface area contributed by atoms with Crippen LogP contribution in [0.25, 0.3) is 10.8 Å². The van der Waals surface area contributed by atoms with E-state index >= 15 is 0 Å². The zero-order valence-corrected chi connectivity index (χ0v) is 25.4. The van der Waals surface area contributed by atoms with Gasteiger partial charge in [-0.2, -0.15) is 18.6 Å². The number of hydrogen-bond donors (Lipinski definition) is 2. The molecule has 196 valence electrons. The fourth-order valence-corrected chi connectivity index (χ4v) is 4.92. The maximum Gasteiger partial charge on any atom is 1.00 e. The van der Waals surface area contributed by atoms with E-state index in [4.69, 9.17) is 27.9 Å². The summed E-state index contributed by atoms with van der Waals surface area (Å²) in [6.07, 6.45) is 0. The van der Waals surface area contributed by atoms with Crippen LogP contribution in [0.5, 0.6) is 11.5 Å². The summed E-state index contributed by atoms with van der Waals surface area (Å²) >= 11 is 12.2. The molecule has 0 heterocycles. The number of nitrogens with zero attached hydrogens (tertiary/aromatic N) is 2. The van der Waals surface area contributed by atoms with Gasteiger partial charge in [0.15, 0.2) is 0 Å². The van der Waals surface area contributed by atoms with Gasteiger partial charge in [0.05, 0.1) is 33.7 Å². The largest absolute Gasteiger partial charge is 1.00 e. The second-order valence-electron chi connectivity index (χ2n) is 8.10. The van der Waals surface area contributed by atoms with E-state index in [1.807, 2.05) is 6.92 Å². The van der Waals surface area contributed by atoms with E-state index in [9.17, 15) is 22.9 Å². The van der Waals surface area contributed by atoms with Crippen molar-refractivity contribution in [3.8, 4) is 11.5 Å². The first-order valence-corrected chi connectivity index (χ1v) is 13.3. The first kappa shape index (κ1) is 30.8. The summed E-state index contributed by atoms with van der Waals surface area (Å²) in [5.74, 6) is -0.933. The number of rotatable bonds is 7. The van der Waals surface area contributed by atoms with E-state index in [0.29, 0.717) is 28.7 Å². The topological polar surface area (TPSA) is 140 Å². The summed E-state index contributed by atoms with van der Waals surface area (Å²) in [5.41, 5.74) is 0.417. The molecule has 4 aromatic carbocycles. The van der Waals surface area contributed by atoms with Gasteiger partial charge in [-0.05, 0) is 55.1 Å². The fraction of sp³-hybridized carbons (Fsp3) is 0.115. The van der Waals surface area contributed by atoms with Crippen molar-refractivity contribution in [3.63, 3.8) is 0 Å². The predicted molar refractivity (Wildman–Crippen MR) is 144 cm³/mol. The third kappa shape index (κ3) is 6.90. The van der Waals surface area contributed by atoms with Crippen LogP contribution in [0.3, 0.4) is 0 Å². The van der Waals surface area contributed by atoms with Crippen LogP contribution in [0.15, 0.2) is 75.8 Å². The van der Waals surface area contributed by atoms with Gasteiger partial charge in [-0.25, -0.2) is 0 Å². The molecule has 9 nitrogen and oxygen atoms in total. The van der Waals surface area contributed by atoms with Crippen LogP contribution in [0.1, 0.15) is 22.8 Å². The maximum atomic E-state index is 13.4. The zero-order valence-electron chi connectivity index (χ0n) is 21.0. The van der Waals surface area contributed by atoms with E-state index in [2.05, 4.69) is 15.5 Å². The van der Waals surface area contributed by atoms with Gasteiger partial charge >= 0.3 is 29.6 Å². The number of carbonyl (C=O) groups is 1. The standard InChI is InChI=1S/C26H21Cl2N3O6S.Na/c1-3-37-16-8-9-19(27)22(12-16)29-26(33)18-11-15-6-4-5-7-17(15)24(25(18)32)31-30-21-13-23(38(34,35)36)20(28)10-14(21)2;/h4-13,32H,3H2,1-2H3,(H,29,33)(H,34,35,36);/q;+1/p-1. The minimum atomic E-state index is -4.62. The number of ether oxygens (including phenoxy) is 1. The minimum Gasteiger partial charge on any atom is -0.870 e. The molecule has 0 fully saturated rings. The Hall–Kier alpha value is -2.70. The van der Waals surface area contributed by atoms with E-state index < -0.39 is 26.7 Å². The smallest absolute Gasteiger partial charge is 0.870 e. The van der Waals surface area contributed by atoms with Crippen molar-refractivity contribution in [2.75, 3.05) is 11.9 Å². The Bertz CT molecular complexity index is 1710. The Kier molecular flexibility index (Phi) is 10.0. The normalized spacial score (nSPS) is 11.4. The van der Waals surface area contributed by atoms with E-state index in [1.54, 1.807) is 49.4 Å². The fourth-order valence-electron chi connectivity index (χ4n) is 3.68. The Morgan fingerprint density at radius 3 is 2.46 bits per heavy atom. The molecule has 0 aliphatic heterocycles. The second-order valence-corrected chi connectivity index (χ2v) is 10.3. The van der Waals surface area contributed by atoms with Crippen molar-refractivity contribution in [2.24, 2.45) is 10.2 Å². The molecule has 39 heavy (non-hydrogen) atoms. The molecule has 0 aliphatic carbocycles. The molecule has 0 saturated carbocycles. The van der Waals surface area contributed by atoms with Crippen LogP contribution >= 0.6 is 23.2 Å². The summed E-state index contributed by atoms with van der Waals surface area (Å²) < 4.78 is 38.2. The van der Waals surface area contributed by atoms with E-state index in [-0.39, 0.29) is 62.2 Å². The molecule has 2 N–H and O–H groups in total. The molecular formula is C26H20Cl2N3NaO6S. The molecule has 0 spiro atoms. The number of anilines is 1. The van der Waals surface area contributed by atoms with Crippen LogP contribution in [0, 0.1) is 6.92 Å². The van der Waals surface area contributed by atoms with Crippen molar-refractivity contribution in [1.29, 1.82) is 0 Å². The summed E-state index contributed by atoms with van der Waals surface area (Å²) in [6.45, 7) is 3.84. The van der Waals surface area contributed by atoms with Crippen molar-refractivity contribution in [3.05, 3.63) is 81.8 Å². The summed E-state index contributed by atoms with van der Waals surface area (Å²) in [6, 6.07) is 15.3. The molecule has 0 unspecified atom stereocenters. The first-order chi connectivity index (χ1) is 18.0. The van der Waals surface area contributed by atoms with Crippen LogP contribution in [0.2, 0.25) is 10.0 Å². The molecule has 0 aliphatic rings. The van der Waals surface area contributed by atoms with Crippen LogP contribution in [-0.4, -0.2) is 25.5 Å². The Morgan fingerprint density at radius 2 is 1.77 bits per heavy atom. The van der Waals surface area contributed by atoms with Gasteiger partial charge in [-0.15, -0.1) is 0 Å². The SMILES string of the molecule is CCOc1ccc(Cl)c(NC(=O)c2cc3ccccc3c(N=Nc3cc(S(=O)(=O)O)c(Cl)cc3C)c2[O-])c1.[Na+]. The van der Waals surface area contributed by atoms with Gasteiger partial charge in [0.1, 0.15) is 10.6 Å². The number of fused-ring (bicyclic) bond motifs is 1. The van der Waals surface area contributed by atoms with Crippen LogP contribution in [0.4, 0.5) is 17.1 Å². The summed E-state index contributed by atoms with van der Waals surface area (Å²) in [4.78, 5) is 12.6. The molecule has 1 amide bonds.